The van der Waals surface area contributed by atoms with Crippen LogP contribution in [0.5, 0.6) is 0 Å². The fraction of sp³-hybridized carbons (Fsp3) is 0.467. The van der Waals surface area contributed by atoms with Gasteiger partial charge in [-0.15, -0.1) is 0 Å². The Morgan fingerprint density at radius 3 is 2.59 bits per heavy atom. The summed E-state index contributed by atoms with van der Waals surface area (Å²) in [6, 6.07) is 6.43. The van der Waals surface area contributed by atoms with Crippen LogP contribution in [0.25, 0.3) is 11.0 Å². The van der Waals surface area contributed by atoms with E-state index in [1.807, 2.05) is 6.92 Å². The molecule has 1 aliphatic rings. The number of furan rings is 1. The minimum absolute atomic E-state index is 0.105. The molecule has 2 nitrogen and oxygen atoms in total. The first-order chi connectivity index (χ1) is 8.10. The smallest absolute Gasteiger partial charge is 0.134 e. The van der Waals surface area contributed by atoms with Gasteiger partial charge in [0.05, 0.1) is 0 Å². The molecule has 1 fully saturated rings. The number of rotatable bonds is 1. The highest BCUT2D eigenvalue weighted by Crippen LogP contribution is 2.38. The lowest BCUT2D eigenvalue weighted by molar-refractivity contribution is 0.462. The first-order valence-electron chi connectivity index (χ1n) is 6.39. The third-order valence-electron chi connectivity index (χ3n) is 4.25. The van der Waals surface area contributed by atoms with Crippen LogP contribution in [-0.2, 0) is 5.54 Å². The summed E-state index contributed by atoms with van der Waals surface area (Å²) in [4.78, 5) is 0. The molecule has 90 valence electrons. The van der Waals surface area contributed by atoms with Crippen LogP contribution in [0.4, 0.5) is 0 Å². The van der Waals surface area contributed by atoms with Gasteiger partial charge in [0.15, 0.2) is 0 Å². The van der Waals surface area contributed by atoms with E-state index in [1.54, 1.807) is 0 Å². The second-order valence-electron chi connectivity index (χ2n) is 5.36. The summed E-state index contributed by atoms with van der Waals surface area (Å²) in [5.41, 5.74) is 9.88. The Morgan fingerprint density at radius 1 is 1.18 bits per heavy atom. The molecule has 0 amide bonds. The molecule has 2 heteroatoms. The SMILES string of the molecule is Cc1oc2ccc(C3(N)CCCC3)cc2c1C. The van der Waals surface area contributed by atoms with Gasteiger partial charge in [-0.25, -0.2) is 0 Å². The topological polar surface area (TPSA) is 39.2 Å². The summed E-state index contributed by atoms with van der Waals surface area (Å²) in [6.45, 7) is 4.13. The van der Waals surface area contributed by atoms with Crippen molar-refractivity contribution < 1.29 is 4.42 Å². The van der Waals surface area contributed by atoms with Crippen LogP contribution >= 0.6 is 0 Å². The third-order valence-corrected chi connectivity index (χ3v) is 4.25. The van der Waals surface area contributed by atoms with Gasteiger partial charge in [0.25, 0.3) is 0 Å². The Balaban J connectivity index is 2.15. The van der Waals surface area contributed by atoms with E-state index in [4.69, 9.17) is 10.2 Å². The Hall–Kier alpha value is -1.28. The Morgan fingerprint density at radius 2 is 1.88 bits per heavy atom. The molecule has 0 atom stereocenters. The van der Waals surface area contributed by atoms with Gasteiger partial charge in [0.2, 0.25) is 0 Å². The van der Waals surface area contributed by atoms with Crippen LogP contribution in [0.2, 0.25) is 0 Å². The average Bonchev–Trinajstić information content (AvgIpc) is 2.86. The first kappa shape index (κ1) is 10.8. The highest BCUT2D eigenvalue weighted by atomic mass is 16.3. The van der Waals surface area contributed by atoms with Crippen molar-refractivity contribution in [3.05, 3.63) is 35.1 Å². The molecule has 0 radical (unpaired) electrons. The van der Waals surface area contributed by atoms with Gasteiger partial charge in [-0.05, 0) is 49.9 Å². The van der Waals surface area contributed by atoms with Crippen LogP contribution in [0, 0.1) is 13.8 Å². The summed E-state index contributed by atoms with van der Waals surface area (Å²) in [5, 5.41) is 1.22. The Bertz CT molecular complexity index is 562. The van der Waals surface area contributed by atoms with E-state index in [0.717, 1.165) is 24.2 Å². The average molecular weight is 229 g/mol. The first-order valence-corrected chi connectivity index (χ1v) is 6.39. The molecule has 2 N–H and O–H groups in total. The lowest BCUT2D eigenvalue weighted by Gasteiger charge is -2.24. The van der Waals surface area contributed by atoms with Crippen LogP contribution in [0.1, 0.15) is 42.6 Å². The number of nitrogens with two attached hydrogens (primary N) is 1. The van der Waals surface area contributed by atoms with Crippen LogP contribution in [-0.4, -0.2) is 0 Å². The fourth-order valence-electron chi connectivity index (χ4n) is 2.95. The maximum Gasteiger partial charge on any atom is 0.134 e. The van der Waals surface area contributed by atoms with E-state index in [-0.39, 0.29) is 5.54 Å². The number of hydrogen-bond donors (Lipinski definition) is 1. The summed E-state index contributed by atoms with van der Waals surface area (Å²) in [7, 11) is 0. The van der Waals surface area contributed by atoms with E-state index in [1.165, 1.54) is 29.4 Å². The molecule has 1 aromatic heterocycles. The lowest BCUT2D eigenvalue weighted by atomic mass is 9.88. The fourth-order valence-corrected chi connectivity index (χ4v) is 2.95. The molecule has 1 aliphatic carbocycles. The van der Waals surface area contributed by atoms with E-state index in [2.05, 4.69) is 25.1 Å². The molecule has 3 rings (SSSR count). The molecule has 1 heterocycles. The van der Waals surface area contributed by atoms with Gasteiger partial charge >= 0.3 is 0 Å². The highest BCUT2D eigenvalue weighted by Gasteiger charge is 2.31. The van der Waals surface area contributed by atoms with E-state index in [9.17, 15) is 0 Å². The van der Waals surface area contributed by atoms with Crippen molar-refractivity contribution in [3.63, 3.8) is 0 Å². The summed E-state index contributed by atoms with van der Waals surface area (Å²) < 4.78 is 5.71. The minimum Gasteiger partial charge on any atom is -0.461 e. The zero-order valence-corrected chi connectivity index (χ0v) is 10.5. The third kappa shape index (κ3) is 1.59. The number of benzene rings is 1. The largest absolute Gasteiger partial charge is 0.461 e. The van der Waals surface area contributed by atoms with E-state index < -0.39 is 0 Å². The molecule has 0 spiro atoms. The summed E-state index contributed by atoms with van der Waals surface area (Å²) >= 11 is 0. The van der Waals surface area contributed by atoms with Crippen molar-refractivity contribution >= 4 is 11.0 Å². The maximum atomic E-state index is 6.50. The monoisotopic (exact) mass is 229 g/mol. The van der Waals surface area contributed by atoms with Gasteiger partial charge in [0.1, 0.15) is 11.3 Å². The molecular weight excluding hydrogens is 210 g/mol. The van der Waals surface area contributed by atoms with Crippen molar-refractivity contribution in [1.29, 1.82) is 0 Å². The van der Waals surface area contributed by atoms with Crippen molar-refractivity contribution in [2.24, 2.45) is 5.73 Å². The quantitative estimate of drug-likeness (QED) is 0.808. The summed E-state index contributed by atoms with van der Waals surface area (Å²) in [5.74, 6) is 1.01. The van der Waals surface area contributed by atoms with Crippen molar-refractivity contribution in [2.75, 3.05) is 0 Å². The number of hydrogen-bond acceptors (Lipinski definition) is 2. The molecule has 0 bridgehead atoms. The Kier molecular flexibility index (Phi) is 2.30. The van der Waals surface area contributed by atoms with Crippen molar-refractivity contribution in [1.82, 2.24) is 0 Å². The molecule has 1 saturated carbocycles. The van der Waals surface area contributed by atoms with Gasteiger partial charge in [0, 0.05) is 10.9 Å². The zero-order valence-electron chi connectivity index (χ0n) is 10.5. The number of aryl methyl sites for hydroxylation is 2. The highest BCUT2D eigenvalue weighted by molar-refractivity contribution is 5.83. The second kappa shape index (κ2) is 3.61. The van der Waals surface area contributed by atoms with Crippen LogP contribution in [0.15, 0.2) is 22.6 Å². The van der Waals surface area contributed by atoms with Crippen molar-refractivity contribution in [3.8, 4) is 0 Å². The molecule has 0 aliphatic heterocycles. The van der Waals surface area contributed by atoms with Gasteiger partial charge < -0.3 is 10.2 Å². The number of fused-ring (bicyclic) bond motifs is 1. The second-order valence-corrected chi connectivity index (χ2v) is 5.36. The zero-order chi connectivity index (χ0) is 12.0. The predicted molar refractivity (Wildman–Crippen MR) is 70.0 cm³/mol. The molecule has 2 aromatic rings. The minimum atomic E-state index is -0.105. The molecule has 17 heavy (non-hydrogen) atoms. The van der Waals surface area contributed by atoms with Gasteiger partial charge in [-0.2, -0.15) is 0 Å². The van der Waals surface area contributed by atoms with Crippen LogP contribution in [0.3, 0.4) is 0 Å². The van der Waals surface area contributed by atoms with Gasteiger partial charge in [-0.1, -0.05) is 18.9 Å². The Labute approximate surface area is 102 Å². The molecule has 0 unspecified atom stereocenters. The predicted octanol–water partition coefficient (Wildman–Crippen LogP) is 3.78. The van der Waals surface area contributed by atoms with Gasteiger partial charge in [-0.3, -0.25) is 0 Å². The standard InChI is InChI=1S/C15H19NO/c1-10-11(2)17-14-6-5-12(9-13(10)14)15(16)7-3-4-8-15/h5-6,9H,3-4,7-8,16H2,1-2H3. The van der Waals surface area contributed by atoms with Crippen LogP contribution < -0.4 is 5.73 Å². The molecular formula is C15H19NO. The molecule has 0 saturated heterocycles. The normalized spacial score (nSPS) is 19.0. The van der Waals surface area contributed by atoms with E-state index >= 15 is 0 Å². The molecule has 1 aromatic carbocycles. The summed E-state index contributed by atoms with van der Waals surface area (Å²) in [6.07, 6.45) is 4.71. The van der Waals surface area contributed by atoms with E-state index in [0.29, 0.717) is 0 Å². The van der Waals surface area contributed by atoms with Crippen molar-refractivity contribution in [2.45, 2.75) is 45.1 Å². The maximum absolute atomic E-state index is 6.50. The lowest BCUT2D eigenvalue weighted by Crippen LogP contribution is -2.32.